The number of halogens is 2. The number of benzene rings is 2. The Bertz CT molecular complexity index is 1780. The number of fused-ring (bicyclic) bond motifs is 1. The molecule has 0 aliphatic carbocycles. The number of nitrogens with one attached hydrogen (secondary N) is 2. The lowest BCUT2D eigenvalue weighted by atomic mass is 10.2. The third-order valence-corrected chi connectivity index (χ3v) is 8.97. The summed E-state index contributed by atoms with van der Waals surface area (Å²) in [5.74, 6) is 0.949. The van der Waals surface area contributed by atoms with Gasteiger partial charge in [0.15, 0.2) is 9.84 Å². The second kappa shape index (κ2) is 12.9. The first-order valence-corrected chi connectivity index (χ1v) is 15.8. The van der Waals surface area contributed by atoms with E-state index in [0.717, 1.165) is 10.4 Å². The van der Waals surface area contributed by atoms with E-state index in [0.29, 0.717) is 57.8 Å². The van der Waals surface area contributed by atoms with Crippen molar-refractivity contribution in [3.05, 3.63) is 87.8 Å². The predicted octanol–water partition coefficient (Wildman–Crippen LogP) is 5.79. The first-order valence-electron chi connectivity index (χ1n) is 12.7. The molecule has 0 radical (unpaired) electrons. The van der Waals surface area contributed by atoms with Gasteiger partial charge in [-0.1, -0.05) is 30.7 Å². The number of thiazole rings is 1. The molecule has 5 aromatic rings. The summed E-state index contributed by atoms with van der Waals surface area (Å²) in [6.45, 7) is 2.67. The van der Waals surface area contributed by atoms with Crippen molar-refractivity contribution in [1.82, 2.24) is 25.3 Å². The number of hydrogen-bond donors (Lipinski definition) is 2. The van der Waals surface area contributed by atoms with Gasteiger partial charge in [-0.15, -0.1) is 11.3 Å². The Hall–Kier alpha value is -3.71. The third-order valence-electron chi connectivity index (χ3n) is 6.12. The fourth-order valence-corrected chi connectivity index (χ4v) is 5.63. The van der Waals surface area contributed by atoms with Crippen LogP contribution in [0.3, 0.4) is 0 Å². The molecule has 2 aromatic carbocycles. The molecule has 5 rings (SSSR count). The average molecular weight is 613 g/mol. The Balaban J connectivity index is 1.28. The van der Waals surface area contributed by atoms with E-state index < -0.39 is 9.84 Å². The van der Waals surface area contributed by atoms with Gasteiger partial charge in [-0.2, -0.15) is 0 Å². The van der Waals surface area contributed by atoms with E-state index in [-0.39, 0.29) is 23.9 Å². The summed E-state index contributed by atoms with van der Waals surface area (Å²) in [7, 11) is -3.01. The Kier molecular flexibility index (Phi) is 9.03. The second-order valence-electron chi connectivity index (χ2n) is 9.04. The Morgan fingerprint density at radius 2 is 1.95 bits per heavy atom. The van der Waals surface area contributed by atoms with Crippen molar-refractivity contribution in [3.63, 3.8) is 0 Å². The van der Waals surface area contributed by atoms with Crippen molar-refractivity contribution in [2.75, 3.05) is 23.4 Å². The van der Waals surface area contributed by atoms with Crippen LogP contribution in [0.4, 0.5) is 15.9 Å². The molecule has 0 atom stereocenters. The molecule has 212 valence electrons. The molecule has 3 heterocycles. The topological polar surface area (TPSA) is 119 Å². The molecule has 0 aliphatic heterocycles. The number of anilines is 2. The summed E-state index contributed by atoms with van der Waals surface area (Å²) >= 11 is 7.94. The molecule has 0 bridgehead atoms. The van der Waals surface area contributed by atoms with Crippen LogP contribution in [-0.4, -0.2) is 46.4 Å². The third kappa shape index (κ3) is 7.53. The lowest BCUT2D eigenvalue weighted by Gasteiger charge is -2.12. The molecule has 0 saturated carbocycles. The zero-order chi connectivity index (χ0) is 28.8. The van der Waals surface area contributed by atoms with Gasteiger partial charge in [0.1, 0.15) is 35.3 Å². The first kappa shape index (κ1) is 28.8. The first-order chi connectivity index (χ1) is 19.8. The molecule has 41 heavy (non-hydrogen) atoms. The van der Waals surface area contributed by atoms with Crippen LogP contribution in [0, 0.1) is 5.82 Å². The van der Waals surface area contributed by atoms with Gasteiger partial charge < -0.3 is 15.4 Å². The van der Waals surface area contributed by atoms with E-state index in [2.05, 4.69) is 30.6 Å². The SMILES string of the molecule is CCS(=O)(=O)CCNCc1nc(-c2cc3c(Nc4ccc(OCc5cccc(F)c5)c(Cl)c4)ncnc3cn2)cs1. The van der Waals surface area contributed by atoms with E-state index in [9.17, 15) is 12.8 Å². The highest BCUT2D eigenvalue weighted by molar-refractivity contribution is 7.91. The van der Waals surface area contributed by atoms with E-state index in [1.807, 2.05) is 17.5 Å². The minimum atomic E-state index is -3.01. The number of aromatic nitrogens is 4. The van der Waals surface area contributed by atoms with Crippen LogP contribution in [0.15, 0.2) is 66.4 Å². The fourth-order valence-electron chi connectivity index (χ4n) is 3.90. The minimum Gasteiger partial charge on any atom is -0.487 e. The zero-order valence-electron chi connectivity index (χ0n) is 22.0. The Morgan fingerprint density at radius 3 is 2.76 bits per heavy atom. The van der Waals surface area contributed by atoms with Gasteiger partial charge >= 0.3 is 0 Å². The van der Waals surface area contributed by atoms with E-state index in [1.54, 1.807) is 37.4 Å². The van der Waals surface area contributed by atoms with E-state index in [4.69, 9.17) is 16.3 Å². The number of nitrogens with zero attached hydrogens (tertiary/aromatic N) is 4. The van der Waals surface area contributed by atoms with Crippen molar-refractivity contribution in [1.29, 1.82) is 0 Å². The van der Waals surface area contributed by atoms with Crippen molar-refractivity contribution < 1.29 is 17.5 Å². The molecule has 2 N–H and O–H groups in total. The highest BCUT2D eigenvalue weighted by Crippen LogP contribution is 2.32. The highest BCUT2D eigenvalue weighted by Gasteiger charge is 2.12. The quantitative estimate of drug-likeness (QED) is 0.169. The molecular formula is C28H26ClFN6O3S2. The van der Waals surface area contributed by atoms with Crippen molar-refractivity contribution >= 4 is 55.2 Å². The molecule has 0 aliphatic rings. The summed E-state index contributed by atoms with van der Waals surface area (Å²) in [5.41, 5.74) is 3.41. The summed E-state index contributed by atoms with van der Waals surface area (Å²) in [5, 5.41) is 10.3. The minimum absolute atomic E-state index is 0.0968. The van der Waals surface area contributed by atoms with Gasteiger partial charge in [0, 0.05) is 35.3 Å². The average Bonchev–Trinajstić information content (AvgIpc) is 3.44. The Morgan fingerprint density at radius 1 is 1.07 bits per heavy atom. The van der Waals surface area contributed by atoms with E-state index in [1.165, 1.54) is 29.8 Å². The number of rotatable bonds is 12. The van der Waals surface area contributed by atoms with Gasteiger partial charge in [-0.3, -0.25) is 4.98 Å². The van der Waals surface area contributed by atoms with Gasteiger partial charge in [-0.25, -0.2) is 27.8 Å². The largest absolute Gasteiger partial charge is 0.487 e. The van der Waals surface area contributed by atoms with Crippen LogP contribution < -0.4 is 15.4 Å². The van der Waals surface area contributed by atoms with Crippen molar-refractivity contribution in [2.45, 2.75) is 20.1 Å². The number of hydrogen-bond acceptors (Lipinski definition) is 10. The maximum Gasteiger partial charge on any atom is 0.151 e. The predicted molar refractivity (Wildman–Crippen MR) is 160 cm³/mol. The van der Waals surface area contributed by atoms with Gasteiger partial charge in [-0.05, 0) is 42.0 Å². The van der Waals surface area contributed by atoms with Crippen molar-refractivity contribution in [2.24, 2.45) is 0 Å². The van der Waals surface area contributed by atoms with Crippen LogP contribution in [0.1, 0.15) is 17.5 Å². The summed E-state index contributed by atoms with van der Waals surface area (Å²) in [6.07, 6.45) is 3.12. The highest BCUT2D eigenvalue weighted by atomic mass is 35.5. The molecule has 0 amide bonds. The molecule has 0 spiro atoms. The lowest BCUT2D eigenvalue weighted by Crippen LogP contribution is -2.23. The van der Waals surface area contributed by atoms with Crippen LogP contribution in [0.5, 0.6) is 5.75 Å². The van der Waals surface area contributed by atoms with Crippen molar-refractivity contribution in [3.8, 4) is 17.1 Å². The van der Waals surface area contributed by atoms with E-state index >= 15 is 0 Å². The summed E-state index contributed by atoms with van der Waals surface area (Å²) < 4.78 is 42.5. The maximum absolute atomic E-state index is 13.4. The lowest BCUT2D eigenvalue weighted by molar-refractivity contribution is 0.306. The molecule has 13 heteroatoms. The molecule has 0 saturated heterocycles. The number of sulfone groups is 1. The summed E-state index contributed by atoms with van der Waals surface area (Å²) in [4.78, 5) is 17.9. The zero-order valence-corrected chi connectivity index (χ0v) is 24.4. The molecule has 0 fully saturated rings. The van der Waals surface area contributed by atoms with Crippen LogP contribution in [0.2, 0.25) is 5.02 Å². The maximum atomic E-state index is 13.4. The van der Waals surface area contributed by atoms with Gasteiger partial charge in [0.2, 0.25) is 0 Å². The van der Waals surface area contributed by atoms with Crippen LogP contribution in [-0.2, 0) is 23.0 Å². The normalized spacial score (nSPS) is 11.6. The number of ether oxygens (including phenoxy) is 1. The standard InChI is InChI=1S/C28H26ClFN6O3S2/c1-2-41(37,38)9-8-31-14-27-36-25(16-40-27)23-12-21-24(13-32-23)33-17-34-28(21)35-20-6-7-26(22(29)11-20)39-15-18-4-3-5-19(30)10-18/h3-7,10-13,16-17,31H,2,8-9,14-15H2,1H3,(H,33,34,35). The second-order valence-corrected chi connectivity index (χ2v) is 12.9. The fraction of sp³-hybridized carbons (Fsp3) is 0.214. The molecular weight excluding hydrogens is 587 g/mol. The van der Waals surface area contributed by atoms with Crippen LogP contribution in [0.25, 0.3) is 22.3 Å². The van der Waals surface area contributed by atoms with Crippen LogP contribution >= 0.6 is 22.9 Å². The molecule has 0 unspecified atom stereocenters. The molecule has 3 aromatic heterocycles. The monoisotopic (exact) mass is 612 g/mol. The number of pyridine rings is 1. The molecule has 9 nitrogen and oxygen atoms in total. The van der Waals surface area contributed by atoms with Gasteiger partial charge in [0.05, 0.1) is 33.9 Å². The smallest absolute Gasteiger partial charge is 0.151 e. The van der Waals surface area contributed by atoms with Gasteiger partial charge in [0.25, 0.3) is 0 Å². The summed E-state index contributed by atoms with van der Waals surface area (Å²) in [6, 6.07) is 13.4. The Labute approximate surface area is 245 Å².